The molecular weight excluding hydrogens is 248 g/mol. The predicted molar refractivity (Wildman–Crippen MR) is 81.6 cm³/mol. The Morgan fingerprint density at radius 3 is 2.35 bits per heavy atom. The molecular formula is C17H16N2O. The molecule has 3 nitrogen and oxygen atoms in total. The SMILES string of the molecule is NCc1ccccc1Cn1c(=O)ccc2ccccc21. The number of hydrogen-bond donors (Lipinski definition) is 1. The first kappa shape index (κ1) is 12.6. The van der Waals surface area contributed by atoms with Gasteiger partial charge in [0.2, 0.25) is 0 Å². The molecule has 0 aliphatic rings. The Hall–Kier alpha value is -2.39. The highest BCUT2D eigenvalue weighted by Gasteiger charge is 2.06. The first-order valence-electron chi connectivity index (χ1n) is 6.65. The molecule has 0 saturated carbocycles. The second-order valence-corrected chi connectivity index (χ2v) is 4.79. The van der Waals surface area contributed by atoms with Crippen LogP contribution in [0, 0.1) is 0 Å². The molecule has 0 radical (unpaired) electrons. The van der Waals surface area contributed by atoms with Gasteiger partial charge in [0, 0.05) is 12.6 Å². The molecule has 0 fully saturated rings. The summed E-state index contributed by atoms with van der Waals surface area (Å²) in [7, 11) is 0. The normalized spacial score (nSPS) is 10.8. The Labute approximate surface area is 117 Å². The van der Waals surface area contributed by atoms with Crippen molar-refractivity contribution in [2.24, 2.45) is 5.73 Å². The monoisotopic (exact) mass is 264 g/mol. The fourth-order valence-electron chi connectivity index (χ4n) is 2.49. The smallest absolute Gasteiger partial charge is 0.251 e. The van der Waals surface area contributed by atoms with E-state index < -0.39 is 0 Å². The van der Waals surface area contributed by atoms with E-state index in [9.17, 15) is 4.79 Å². The number of fused-ring (bicyclic) bond motifs is 1. The van der Waals surface area contributed by atoms with E-state index in [4.69, 9.17) is 5.73 Å². The molecule has 2 N–H and O–H groups in total. The molecule has 100 valence electrons. The third-order valence-electron chi connectivity index (χ3n) is 3.57. The second-order valence-electron chi connectivity index (χ2n) is 4.79. The summed E-state index contributed by atoms with van der Waals surface area (Å²) in [5.74, 6) is 0. The summed E-state index contributed by atoms with van der Waals surface area (Å²) >= 11 is 0. The van der Waals surface area contributed by atoms with E-state index >= 15 is 0 Å². The largest absolute Gasteiger partial charge is 0.326 e. The number of aromatic nitrogens is 1. The van der Waals surface area contributed by atoms with Gasteiger partial charge in [0.25, 0.3) is 5.56 Å². The Balaban J connectivity index is 2.15. The minimum absolute atomic E-state index is 0.00974. The van der Waals surface area contributed by atoms with Crippen LogP contribution in [0.3, 0.4) is 0 Å². The van der Waals surface area contributed by atoms with Crippen LogP contribution in [0.5, 0.6) is 0 Å². The molecule has 3 aromatic rings. The quantitative estimate of drug-likeness (QED) is 0.790. The summed E-state index contributed by atoms with van der Waals surface area (Å²) in [6.45, 7) is 1.03. The second kappa shape index (κ2) is 5.31. The lowest BCUT2D eigenvalue weighted by Crippen LogP contribution is -2.20. The molecule has 3 rings (SSSR count). The van der Waals surface area contributed by atoms with Crippen molar-refractivity contribution in [1.82, 2.24) is 4.57 Å². The Morgan fingerprint density at radius 2 is 1.55 bits per heavy atom. The Morgan fingerprint density at radius 1 is 0.850 bits per heavy atom. The van der Waals surface area contributed by atoms with Crippen LogP contribution in [0.2, 0.25) is 0 Å². The molecule has 1 aromatic heterocycles. The maximum absolute atomic E-state index is 12.2. The van der Waals surface area contributed by atoms with Crippen LogP contribution in [-0.4, -0.2) is 4.57 Å². The lowest BCUT2D eigenvalue weighted by Gasteiger charge is -2.12. The first-order chi connectivity index (χ1) is 9.79. The minimum Gasteiger partial charge on any atom is -0.326 e. The Kier molecular flexibility index (Phi) is 3.35. The predicted octanol–water partition coefficient (Wildman–Crippen LogP) is 2.51. The van der Waals surface area contributed by atoms with Crippen LogP contribution in [0.4, 0.5) is 0 Å². The number of rotatable bonds is 3. The summed E-state index contributed by atoms with van der Waals surface area (Å²) in [5.41, 5.74) is 8.90. The zero-order valence-electron chi connectivity index (χ0n) is 11.1. The van der Waals surface area contributed by atoms with Crippen molar-refractivity contribution in [2.45, 2.75) is 13.1 Å². The highest BCUT2D eigenvalue weighted by atomic mass is 16.1. The van der Waals surface area contributed by atoms with Crippen LogP contribution >= 0.6 is 0 Å². The van der Waals surface area contributed by atoms with Gasteiger partial charge >= 0.3 is 0 Å². The summed E-state index contributed by atoms with van der Waals surface area (Å²) in [6.07, 6.45) is 0. The third-order valence-corrected chi connectivity index (χ3v) is 3.57. The topological polar surface area (TPSA) is 48.0 Å². The van der Waals surface area contributed by atoms with E-state index in [1.165, 1.54) is 0 Å². The van der Waals surface area contributed by atoms with E-state index in [0.29, 0.717) is 13.1 Å². The zero-order chi connectivity index (χ0) is 13.9. The van der Waals surface area contributed by atoms with Gasteiger partial charge in [0.1, 0.15) is 0 Å². The number of benzene rings is 2. The van der Waals surface area contributed by atoms with Crippen molar-refractivity contribution in [2.75, 3.05) is 0 Å². The molecule has 3 heteroatoms. The van der Waals surface area contributed by atoms with E-state index in [1.807, 2.05) is 54.6 Å². The van der Waals surface area contributed by atoms with Crippen molar-refractivity contribution in [3.63, 3.8) is 0 Å². The lowest BCUT2D eigenvalue weighted by atomic mass is 10.1. The lowest BCUT2D eigenvalue weighted by molar-refractivity contribution is 0.783. The zero-order valence-corrected chi connectivity index (χ0v) is 11.1. The van der Waals surface area contributed by atoms with E-state index in [2.05, 4.69) is 0 Å². The highest BCUT2D eigenvalue weighted by molar-refractivity contribution is 5.78. The van der Waals surface area contributed by atoms with Crippen molar-refractivity contribution in [3.8, 4) is 0 Å². The molecule has 2 aromatic carbocycles. The standard InChI is InChI=1S/C17H16N2O/c18-11-14-6-1-2-7-15(14)12-19-16-8-4-3-5-13(16)9-10-17(19)20/h1-10H,11-12,18H2. The van der Waals surface area contributed by atoms with Crippen LogP contribution in [-0.2, 0) is 13.1 Å². The van der Waals surface area contributed by atoms with Gasteiger partial charge in [-0.15, -0.1) is 0 Å². The van der Waals surface area contributed by atoms with Crippen LogP contribution in [0.25, 0.3) is 10.9 Å². The number of hydrogen-bond acceptors (Lipinski definition) is 2. The van der Waals surface area contributed by atoms with E-state index in [-0.39, 0.29) is 5.56 Å². The maximum Gasteiger partial charge on any atom is 0.251 e. The summed E-state index contributed by atoms with van der Waals surface area (Å²) in [6, 6.07) is 19.4. The Bertz CT molecular complexity index is 805. The van der Waals surface area contributed by atoms with Gasteiger partial charge < -0.3 is 10.3 Å². The molecule has 0 saturated heterocycles. The molecule has 0 bridgehead atoms. The fourth-order valence-corrected chi connectivity index (χ4v) is 2.49. The summed E-state index contributed by atoms with van der Waals surface area (Å²) in [5, 5.41) is 1.07. The van der Waals surface area contributed by atoms with E-state index in [1.54, 1.807) is 10.6 Å². The van der Waals surface area contributed by atoms with Gasteiger partial charge in [-0.3, -0.25) is 4.79 Å². The van der Waals surface area contributed by atoms with Gasteiger partial charge in [0.05, 0.1) is 12.1 Å². The minimum atomic E-state index is 0.00974. The van der Waals surface area contributed by atoms with Crippen molar-refractivity contribution in [3.05, 3.63) is 82.1 Å². The molecule has 20 heavy (non-hydrogen) atoms. The third kappa shape index (κ3) is 2.24. The average Bonchev–Trinajstić information content (AvgIpc) is 2.50. The molecule has 0 amide bonds. The number of pyridine rings is 1. The molecule has 0 spiro atoms. The number of nitrogens with zero attached hydrogens (tertiary/aromatic N) is 1. The van der Waals surface area contributed by atoms with Gasteiger partial charge in [-0.1, -0.05) is 42.5 Å². The summed E-state index contributed by atoms with van der Waals surface area (Å²) in [4.78, 5) is 12.2. The average molecular weight is 264 g/mol. The van der Waals surface area contributed by atoms with Crippen LogP contribution in [0.15, 0.2) is 65.5 Å². The molecule has 0 aliphatic carbocycles. The van der Waals surface area contributed by atoms with Gasteiger partial charge in [-0.05, 0) is 28.6 Å². The number of nitrogens with two attached hydrogens (primary N) is 1. The van der Waals surface area contributed by atoms with Gasteiger partial charge in [-0.2, -0.15) is 0 Å². The molecule has 0 atom stereocenters. The van der Waals surface area contributed by atoms with Gasteiger partial charge in [0.15, 0.2) is 0 Å². The van der Waals surface area contributed by atoms with Crippen molar-refractivity contribution < 1.29 is 0 Å². The number of para-hydroxylation sites is 1. The van der Waals surface area contributed by atoms with Crippen molar-refractivity contribution in [1.29, 1.82) is 0 Å². The van der Waals surface area contributed by atoms with Crippen molar-refractivity contribution >= 4 is 10.9 Å². The van der Waals surface area contributed by atoms with Crippen LogP contribution in [0.1, 0.15) is 11.1 Å². The fraction of sp³-hybridized carbons (Fsp3) is 0.118. The molecule has 0 unspecified atom stereocenters. The maximum atomic E-state index is 12.2. The first-order valence-corrected chi connectivity index (χ1v) is 6.65. The molecule has 0 aliphatic heterocycles. The van der Waals surface area contributed by atoms with Crippen LogP contribution < -0.4 is 11.3 Å². The summed E-state index contributed by atoms with van der Waals surface area (Å²) < 4.78 is 1.80. The van der Waals surface area contributed by atoms with Gasteiger partial charge in [-0.25, -0.2) is 0 Å². The molecule has 1 heterocycles. The highest BCUT2D eigenvalue weighted by Crippen LogP contribution is 2.15. The van der Waals surface area contributed by atoms with E-state index in [0.717, 1.165) is 22.0 Å².